The summed E-state index contributed by atoms with van der Waals surface area (Å²) in [4.78, 5) is 0.162. The van der Waals surface area contributed by atoms with Gasteiger partial charge >= 0.3 is 0 Å². The number of benzene rings is 2. The standard InChI is InChI=1S/C16H17NO4S2/c18-22(19)11-10-14(12-22)17-23(20,21)16-9-5-4-8-15(16)13-6-2-1-3-7-13/h1-9,14,17H,10-12H2. The van der Waals surface area contributed by atoms with E-state index in [4.69, 9.17) is 0 Å². The van der Waals surface area contributed by atoms with Crippen LogP contribution < -0.4 is 4.72 Å². The zero-order chi connectivity index (χ0) is 16.5. The summed E-state index contributed by atoms with van der Waals surface area (Å²) in [5, 5.41) is 0. The van der Waals surface area contributed by atoms with Gasteiger partial charge in [-0.25, -0.2) is 21.6 Å². The molecule has 1 heterocycles. The molecule has 5 nitrogen and oxygen atoms in total. The smallest absolute Gasteiger partial charge is 0.229 e. The summed E-state index contributed by atoms with van der Waals surface area (Å²) in [7, 11) is -6.93. The van der Waals surface area contributed by atoms with E-state index in [-0.39, 0.29) is 16.4 Å². The van der Waals surface area contributed by atoms with Crippen molar-refractivity contribution in [3.8, 4) is 11.1 Å². The summed E-state index contributed by atoms with van der Waals surface area (Å²) in [6.07, 6.45) is 0.315. The van der Waals surface area contributed by atoms with Crippen LogP contribution in [0.25, 0.3) is 11.1 Å². The van der Waals surface area contributed by atoms with Crippen LogP contribution in [0.2, 0.25) is 0 Å². The Bertz CT molecular complexity index is 906. The number of rotatable bonds is 4. The van der Waals surface area contributed by atoms with Gasteiger partial charge in [0, 0.05) is 11.6 Å². The fourth-order valence-electron chi connectivity index (χ4n) is 2.73. The van der Waals surface area contributed by atoms with Crippen molar-refractivity contribution >= 4 is 19.9 Å². The van der Waals surface area contributed by atoms with E-state index in [0.29, 0.717) is 12.0 Å². The Morgan fingerprint density at radius 1 is 0.957 bits per heavy atom. The molecule has 3 rings (SSSR count). The predicted octanol–water partition coefficient (Wildman–Crippen LogP) is 1.82. The highest BCUT2D eigenvalue weighted by Gasteiger charge is 2.32. The molecule has 1 aliphatic rings. The first-order valence-electron chi connectivity index (χ1n) is 7.25. The third kappa shape index (κ3) is 3.63. The van der Waals surface area contributed by atoms with Gasteiger partial charge < -0.3 is 0 Å². The molecule has 2 aromatic rings. The molecule has 0 aromatic heterocycles. The average Bonchev–Trinajstić information content (AvgIpc) is 2.86. The number of sulfone groups is 1. The predicted molar refractivity (Wildman–Crippen MR) is 89.3 cm³/mol. The second kappa shape index (κ2) is 6.07. The average molecular weight is 351 g/mol. The van der Waals surface area contributed by atoms with Gasteiger partial charge in [-0.15, -0.1) is 0 Å². The van der Waals surface area contributed by atoms with E-state index in [1.165, 1.54) is 6.07 Å². The number of sulfonamides is 1. The van der Waals surface area contributed by atoms with E-state index >= 15 is 0 Å². The molecule has 0 amide bonds. The summed E-state index contributed by atoms with van der Waals surface area (Å²) in [6, 6.07) is 15.4. The van der Waals surface area contributed by atoms with E-state index in [1.54, 1.807) is 18.2 Å². The van der Waals surface area contributed by atoms with Crippen LogP contribution in [0.15, 0.2) is 59.5 Å². The van der Waals surface area contributed by atoms with Crippen LogP contribution in [0.4, 0.5) is 0 Å². The van der Waals surface area contributed by atoms with Crippen molar-refractivity contribution in [3.63, 3.8) is 0 Å². The van der Waals surface area contributed by atoms with Crippen LogP contribution in [-0.2, 0) is 19.9 Å². The molecule has 1 aliphatic heterocycles. The van der Waals surface area contributed by atoms with Crippen molar-refractivity contribution in [1.82, 2.24) is 4.72 Å². The Kier molecular flexibility index (Phi) is 4.27. The van der Waals surface area contributed by atoms with Crippen molar-refractivity contribution in [1.29, 1.82) is 0 Å². The molecule has 1 unspecified atom stereocenters. The van der Waals surface area contributed by atoms with Crippen LogP contribution in [0.1, 0.15) is 6.42 Å². The van der Waals surface area contributed by atoms with Crippen molar-refractivity contribution in [2.75, 3.05) is 11.5 Å². The fourth-order valence-corrected chi connectivity index (χ4v) is 6.01. The summed E-state index contributed by atoms with van der Waals surface area (Å²) in [5.41, 5.74) is 1.40. The minimum absolute atomic E-state index is 0.0283. The lowest BCUT2D eigenvalue weighted by Crippen LogP contribution is -2.35. The number of nitrogens with one attached hydrogen (secondary N) is 1. The fraction of sp³-hybridized carbons (Fsp3) is 0.250. The minimum Gasteiger partial charge on any atom is -0.229 e. The first kappa shape index (κ1) is 16.2. The lowest BCUT2D eigenvalue weighted by Gasteiger charge is -2.14. The maximum absolute atomic E-state index is 12.7. The zero-order valence-corrected chi connectivity index (χ0v) is 14.0. The first-order valence-corrected chi connectivity index (χ1v) is 10.6. The molecular weight excluding hydrogens is 334 g/mol. The Morgan fingerprint density at radius 3 is 2.26 bits per heavy atom. The van der Waals surface area contributed by atoms with Crippen molar-refractivity contribution in [2.45, 2.75) is 17.4 Å². The third-order valence-corrected chi connectivity index (χ3v) is 7.16. The molecule has 7 heteroatoms. The maximum atomic E-state index is 12.7. The summed E-state index contributed by atoms with van der Waals surface area (Å²) >= 11 is 0. The Balaban J connectivity index is 1.95. The molecule has 2 aromatic carbocycles. The molecular formula is C16H17NO4S2. The van der Waals surface area contributed by atoms with Gasteiger partial charge in [-0.3, -0.25) is 0 Å². The lowest BCUT2D eigenvalue weighted by molar-refractivity contribution is 0.562. The molecule has 1 atom stereocenters. The maximum Gasteiger partial charge on any atom is 0.241 e. The highest BCUT2D eigenvalue weighted by molar-refractivity contribution is 7.92. The monoisotopic (exact) mass is 351 g/mol. The van der Waals surface area contributed by atoms with Crippen LogP contribution in [0.3, 0.4) is 0 Å². The molecule has 1 saturated heterocycles. The highest BCUT2D eigenvalue weighted by atomic mass is 32.2. The normalized spacial score (nSPS) is 20.4. The Labute approximate surface area is 136 Å². The molecule has 0 aliphatic carbocycles. The van der Waals surface area contributed by atoms with Gasteiger partial charge in [0.15, 0.2) is 9.84 Å². The van der Waals surface area contributed by atoms with Gasteiger partial charge in [-0.2, -0.15) is 0 Å². The molecule has 1 fully saturated rings. The third-order valence-electron chi connectivity index (χ3n) is 3.82. The van der Waals surface area contributed by atoms with Crippen LogP contribution in [0, 0.1) is 0 Å². The van der Waals surface area contributed by atoms with Gasteiger partial charge in [0.1, 0.15) is 0 Å². The molecule has 0 spiro atoms. The Hall–Kier alpha value is -1.70. The van der Waals surface area contributed by atoms with Gasteiger partial charge in [-0.1, -0.05) is 48.5 Å². The van der Waals surface area contributed by atoms with E-state index in [1.807, 2.05) is 30.3 Å². The molecule has 0 radical (unpaired) electrons. The lowest BCUT2D eigenvalue weighted by atomic mass is 10.1. The summed E-state index contributed by atoms with van der Waals surface area (Å²) in [5.74, 6) is -0.111. The summed E-state index contributed by atoms with van der Waals surface area (Å²) in [6.45, 7) is 0. The van der Waals surface area contributed by atoms with E-state index in [0.717, 1.165) is 5.56 Å². The van der Waals surface area contributed by atoms with Crippen LogP contribution >= 0.6 is 0 Å². The molecule has 0 bridgehead atoms. The van der Waals surface area contributed by atoms with Crippen molar-refractivity contribution in [3.05, 3.63) is 54.6 Å². The van der Waals surface area contributed by atoms with Gasteiger partial charge in [-0.05, 0) is 18.1 Å². The van der Waals surface area contributed by atoms with E-state index in [9.17, 15) is 16.8 Å². The zero-order valence-electron chi connectivity index (χ0n) is 12.3. The van der Waals surface area contributed by atoms with Crippen LogP contribution in [0.5, 0.6) is 0 Å². The first-order chi connectivity index (χ1) is 10.9. The topological polar surface area (TPSA) is 80.3 Å². The number of hydrogen-bond donors (Lipinski definition) is 1. The van der Waals surface area contributed by atoms with Crippen LogP contribution in [-0.4, -0.2) is 34.4 Å². The second-order valence-electron chi connectivity index (χ2n) is 5.58. The Morgan fingerprint density at radius 2 is 1.61 bits per heavy atom. The molecule has 0 saturated carbocycles. The minimum atomic E-state index is -3.79. The van der Waals surface area contributed by atoms with Crippen molar-refractivity contribution < 1.29 is 16.8 Å². The SMILES string of the molecule is O=S1(=O)CCC(NS(=O)(=O)c2ccccc2-c2ccccc2)C1. The molecule has 23 heavy (non-hydrogen) atoms. The highest BCUT2D eigenvalue weighted by Crippen LogP contribution is 2.27. The summed E-state index contributed by atoms with van der Waals surface area (Å²) < 4.78 is 50.9. The van der Waals surface area contributed by atoms with E-state index < -0.39 is 25.9 Å². The second-order valence-corrected chi connectivity index (χ2v) is 9.49. The van der Waals surface area contributed by atoms with Gasteiger partial charge in [0.25, 0.3) is 0 Å². The van der Waals surface area contributed by atoms with Gasteiger partial charge in [0.05, 0.1) is 16.4 Å². The quantitative estimate of drug-likeness (QED) is 0.911. The molecule has 1 N–H and O–H groups in total. The number of hydrogen-bond acceptors (Lipinski definition) is 4. The van der Waals surface area contributed by atoms with Gasteiger partial charge in [0.2, 0.25) is 10.0 Å². The van der Waals surface area contributed by atoms with Crippen molar-refractivity contribution in [2.24, 2.45) is 0 Å². The largest absolute Gasteiger partial charge is 0.241 e. The van der Waals surface area contributed by atoms with E-state index in [2.05, 4.69) is 4.72 Å². The molecule has 122 valence electrons.